The van der Waals surface area contributed by atoms with Crippen LogP contribution in [-0.2, 0) is 0 Å². The number of halogens is 1. The van der Waals surface area contributed by atoms with Crippen molar-refractivity contribution in [2.75, 3.05) is 5.32 Å². The summed E-state index contributed by atoms with van der Waals surface area (Å²) in [5.74, 6) is -2.06. The van der Waals surface area contributed by atoms with E-state index in [-0.39, 0.29) is 27.6 Å². The first-order valence-electron chi connectivity index (χ1n) is 5.52. The second kappa shape index (κ2) is 5.63. The van der Waals surface area contributed by atoms with Gasteiger partial charge >= 0.3 is 5.97 Å². The van der Waals surface area contributed by atoms with Gasteiger partial charge in [-0.15, -0.1) is 0 Å². The topological polar surface area (TPSA) is 86.6 Å². The van der Waals surface area contributed by atoms with Crippen molar-refractivity contribution in [1.82, 2.24) is 0 Å². The number of amides is 1. The summed E-state index contributed by atoms with van der Waals surface area (Å²) in [5.41, 5.74) is -0.0517. The Bertz CT molecular complexity index is 685. The highest BCUT2D eigenvalue weighted by Crippen LogP contribution is 2.23. The third kappa shape index (κ3) is 2.89. The highest BCUT2D eigenvalue weighted by Gasteiger charge is 2.16. The van der Waals surface area contributed by atoms with Gasteiger partial charge in [0.25, 0.3) is 5.91 Å². The fraction of sp³-hybridized carbons (Fsp3) is 0. The van der Waals surface area contributed by atoms with Crippen LogP contribution in [0.25, 0.3) is 0 Å². The molecule has 0 spiro atoms. The van der Waals surface area contributed by atoms with Gasteiger partial charge < -0.3 is 15.5 Å². The number of carboxylic acid groups (broad SMARTS) is 1. The monoisotopic (exact) mass is 290 g/mol. The van der Waals surface area contributed by atoms with Crippen LogP contribution in [0.5, 0.6) is 5.75 Å². The second-order valence-corrected chi connectivity index (χ2v) is 4.33. The standard InChI is InChI=1S/C14H9ClNO4/c15-8-5-6-9(14(19)20)11(7-8)16-13(18)10-3-1-2-4-12(10)17/h2-7,17H,(H,16,18)(H,19,20). The van der Waals surface area contributed by atoms with Gasteiger partial charge in [0.1, 0.15) is 5.75 Å². The minimum atomic E-state index is -1.19. The summed E-state index contributed by atoms with van der Waals surface area (Å²) in [7, 11) is 0. The van der Waals surface area contributed by atoms with Gasteiger partial charge in [-0.25, -0.2) is 4.79 Å². The average molecular weight is 291 g/mol. The maximum atomic E-state index is 12.0. The number of nitrogens with one attached hydrogen (secondary N) is 1. The van der Waals surface area contributed by atoms with Gasteiger partial charge in [0.2, 0.25) is 0 Å². The number of hydrogen-bond donors (Lipinski definition) is 3. The van der Waals surface area contributed by atoms with Crippen molar-refractivity contribution in [3.8, 4) is 5.75 Å². The Labute approximate surface area is 119 Å². The Kier molecular flexibility index (Phi) is 3.91. The molecule has 0 atom stereocenters. The van der Waals surface area contributed by atoms with E-state index in [9.17, 15) is 14.7 Å². The molecule has 0 aromatic heterocycles. The van der Waals surface area contributed by atoms with Crippen molar-refractivity contribution in [3.63, 3.8) is 0 Å². The van der Waals surface area contributed by atoms with E-state index in [1.54, 1.807) is 0 Å². The van der Waals surface area contributed by atoms with Crippen LogP contribution in [0, 0.1) is 6.07 Å². The van der Waals surface area contributed by atoms with Crippen LogP contribution < -0.4 is 5.32 Å². The van der Waals surface area contributed by atoms with E-state index in [0.717, 1.165) is 0 Å². The normalized spacial score (nSPS) is 10.1. The maximum Gasteiger partial charge on any atom is 0.337 e. The number of rotatable bonds is 3. The van der Waals surface area contributed by atoms with Crippen LogP contribution in [0.3, 0.4) is 0 Å². The van der Waals surface area contributed by atoms with Crippen molar-refractivity contribution >= 4 is 29.2 Å². The zero-order valence-corrected chi connectivity index (χ0v) is 10.8. The Morgan fingerprint density at radius 1 is 1.20 bits per heavy atom. The number of carbonyl (C=O) groups excluding carboxylic acids is 1. The van der Waals surface area contributed by atoms with E-state index >= 15 is 0 Å². The Hall–Kier alpha value is -2.53. The van der Waals surface area contributed by atoms with E-state index in [0.29, 0.717) is 0 Å². The zero-order valence-electron chi connectivity index (χ0n) is 10.1. The second-order valence-electron chi connectivity index (χ2n) is 3.89. The number of aromatic carboxylic acids is 1. The molecule has 0 saturated carbocycles. The molecule has 2 aromatic carbocycles. The lowest BCUT2D eigenvalue weighted by molar-refractivity contribution is 0.0698. The molecule has 0 unspecified atom stereocenters. The molecule has 0 heterocycles. The number of carbonyl (C=O) groups is 2. The predicted octanol–water partition coefficient (Wildman–Crippen LogP) is 2.80. The van der Waals surface area contributed by atoms with Crippen LogP contribution in [0.4, 0.5) is 5.69 Å². The van der Waals surface area contributed by atoms with Crippen LogP contribution >= 0.6 is 11.6 Å². The lowest BCUT2D eigenvalue weighted by Crippen LogP contribution is -2.15. The Morgan fingerprint density at radius 3 is 2.60 bits per heavy atom. The third-order valence-corrected chi connectivity index (χ3v) is 2.78. The third-order valence-electron chi connectivity index (χ3n) is 2.55. The number of carboxylic acids is 1. The Morgan fingerprint density at radius 2 is 1.95 bits per heavy atom. The first-order valence-corrected chi connectivity index (χ1v) is 5.90. The number of anilines is 1. The lowest BCUT2D eigenvalue weighted by Gasteiger charge is -2.09. The molecule has 0 saturated heterocycles. The smallest absolute Gasteiger partial charge is 0.337 e. The number of phenols is 1. The molecule has 6 heteroatoms. The molecule has 1 radical (unpaired) electrons. The van der Waals surface area contributed by atoms with Gasteiger partial charge in [0.05, 0.1) is 16.8 Å². The molecule has 20 heavy (non-hydrogen) atoms. The molecule has 1 amide bonds. The number of aromatic hydroxyl groups is 1. The number of benzene rings is 2. The van der Waals surface area contributed by atoms with E-state index in [1.165, 1.54) is 36.4 Å². The van der Waals surface area contributed by atoms with Crippen LogP contribution in [0.15, 0.2) is 36.4 Å². The Balaban J connectivity index is 2.35. The highest BCUT2D eigenvalue weighted by molar-refractivity contribution is 6.31. The molecule has 5 nitrogen and oxygen atoms in total. The summed E-state index contributed by atoms with van der Waals surface area (Å²) < 4.78 is 0. The molecule has 0 fully saturated rings. The number of phenolic OH excluding ortho intramolecular Hbond substituents is 1. The summed E-state index contributed by atoms with van der Waals surface area (Å²) >= 11 is 5.78. The van der Waals surface area contributed by atoms with E-state index < -0.39 is 11.9 Å². The molecule has 0 aliphatic rings. The van der Waals surface area contributed by atoms with Gasteiger partial charge in [-0.3, -0.25) is 4.79 Å². The molecular weight excluding hydrogens is 282 g/mol. The summed E-state index contributed by atoms with van der Waals surface area (Å²) in [4.78, 5) is 23.1. The minimum absolute atomic E-state index is 0.0104. The molecule has 101 valence electrons. The van der Waals surface area contributed by atoms with Gasteiger partial charge in [-0.1, -0.05) is 17.7 Å². The average Bonchev–Trinajstić information content (AvgIpc) is 2.38. The summed E-state index contributed by atoms with van der Waals surface area (Å²) in [6.07, 6.45) is 0. The summed E-state index contributed by atoms with van der Waals surface area (Å²) in [6.45, 7) is 0. The van der Waals surface area contributed by atoms with Crippen molar-refractivity contribution in [2.45, 2.75) is 0 Å². The molecule has 2 rings (SSSR count). The first kappa shape index (κ1) is 13.9. The lowest BCUT2D eigenvalue weighted by atomic mass is 10.1. The largest absolute Gasteiger partial charge is 0.507 e. The maximum absolute atomic E-state index is 12.0. The summed E-state index contributed by atoms with van der Waals surface area (Å²) in [5, 5.41) is 21.3. The van der Waals surface area contributed by atoms with Crippen molar-refractivity contribution < 1.29 is 19.8 Å². The van der Waals surface area contributed by atoms with Crippen LogP contribution in [0.2, 0.25) is 5.02 Å². The van der Waals surface area contributed by atoms with Crippen LogP contribution in [-0.4, -0.2) is 22.1 Å². The molecular formula is C14H9ClNO4. The molecule has 2 aromatic rings. The summed E-state index contributed by atoms with van der Waals surface area (Å²) in [6, 6.07) is 10.7. The first-order chi connectivity index (χ1) is 9.49. The van der Waals surface area contributed by atoms with Gasteiger partial charge in [-0.2, -0.15) is 0 Å². The molecule has 3 N–H and O–H groups in total. The van der Waals surface area contributed by atoms with E-state index in [1.807, 2.05) is 0 Å². The molecule has 0 aliphatic heterocycles. The van der Waals surface area contributed by atoms with Gasteiger partial charge in [0.15, 0.2) is 0 Å². The number of hydrogen-bond acceptors (Lipinski definition) is 3. The van der Waals surface area contributed by atoms with E-state index in [4.69, 9.17) is 16.7 Å². The predicted molar refractivity (Wildman–Crippen MR) is 73.3 cm³/mol. The molecule has 0 bridgehead atoms. The molecule has 0 aliphatic carbocycles. The highest BCUT2D eigenvalue weighted by atomic mass is 35.5. The van der Waals surface area contributed by atoms with Gasteiger partial charge in [0, 0.05) is 5.02 Å². The van der Waals surface area contributed by atoms with E-state index in [2.05, 4.69) is 11.4 Å². The van der Waals surface area contributed by atoms with Crippen LogP contribution in [0.1, 0.15) is 20.7 Å². The fourth-order valence-electron chi connectivity index (χ4n) is 1.60. The van der Waals surface area contributed by atoms with Gasteiger partial charge in [-0.05, 0) is 36.4 Å². The quantitative estimate of drug-likeness (QED) is 0.811. The fourth-order valence-corrected chi connectivity index (χ4v) is 1.77. The SMILES string of the molecule is O=C(Nc1cc(Cl)ccc1C(=O)O)c1c[c]ccc1O. The zero-order chi connectivity index (χ0) is 14.7. The van der Waals surface area contributed by atoms with Crippen molar-refractivity contribution in [3.05, 3.63) is 58.6 Å². The van der Waals surface area contributed by atoms with Crippen molar-refractivity contribution in [1.29, 1.82) is 0 Å². The van der Waals surface area contributed by atoms with Crippen molar-refractivity contribution in [2.24, 2.45) is 0 Å². The minimum Gasteiger partial charge on any atom is -0.507 e.